The van der Waals surface area contributed by atoms with Crippen molar-refractivity contribution in [1.29, 1.82) is 0 Å². The van der Waals surface area contributed by atoms with E-state index in [9.17, 15) is 4.39 Å². The van der Waals surface area contributed by atoms with Gasteiger partial charge in [0.2, 0.25) is 0 Å². The average molecular weight is 316 g/mol. The third kappa shape index (κ3) is 3.16. The molecule has 0 aliphatic heterocycles. The standard InChI is InChI=1S/C14H19BrFNO/c1-2-9-3-5-10(6-4-9)18-14-8-12(16)11(15)7-13(14)17/h7-10H,2-6,17H2,1H3. The summed E-state index contributed by atoms with van der Waals surface area (Å²) in [6, 6.07) is 2.92. The molecule has 2 nitrogen and oxygen atoms in total. The van der Waals surface area contributed by atoms with Crippen molar-refractivity contribution in [1.82, 2.24) is 0 Å². The summed E-state index contributed by atoms with van der Waals surface area (Å²) in [5.74, 6) is 0.959. The number of halogens is 2. The monoisotopic (exact) mass is 315 g/mol. The number of hydrogen-bond donors (Lipinski definition) is 1. The molecule has 0 spiro atoms. The van der Waals surface area contributed by atoms with Gasteiger partial charge in [0, 0.05) is 6.07 Å². The molecule has 0 heterocycles. The minimum Gasteiger partial charge on any atom is -0.488 e. The van der Waals surface area contributed by atoms with Crippen LogP contribution in [0.5, 0.6) is 5.75 Å². The zero-order valence-electron chi connectivity index (χ0n) is 10.6. The van der Waals surface area contributed by atoms with E-state index in [1.165, 1.54) is 25.3 Å². The zero-order valence-corrected chi connectivity index (χ0v) is 12.2. The lowest BCUT2D eigenvalue weighted by atomic mass is 9.86. The minimum atomic E-state index is -0.332. The van der Waals surface area contributed by atoms with Gasteiger partial charge in [-0.25, -0.2) is 4.39 Å². The van der Waals surface area contributed by atoms with Gasteiger partial charge in [-0.3, -0.25) is 0 Å². The molecule has 0 aromatic heterocycles. The molecule has 2 N–H and O–H groups in total. The lowest BCUT2D eigenvalue weighted by Gasteiger charge is -2.28. The van der Waals surface area contributed by atoms with Gasteiger partial charge in [-0.2, -0.15) is 0 Å². The Morgan fingerprint density at radius 1 is 1.33 bits per heavy atom. The lowest BCUT2D eigenvalue weighted by Crippen LogP contribution is -2.24. The molecule has 0 amide bonds. The molecule has 0 saturated heterocycles. The van der Waals surface area contributed by atoms with E-state index in [1.807, 2.05) is 0 Å². The third-order valence-corrected chi connectivity index (χ3v) is 4.33. The first kappa shape index (κ1) is 13.7. The molecule has 4 heteroatoms. The Bertz CT molecular complexity index is 417. The van der Waals surface area contributed by atoms with Crippen molar-refractivity contribution in [2.75, 3.05) is 5.73 Å². The van der Waals surface area contributed by atoms with Crippen LogP contribution >= 0.6 is 15.9 Å². The number of nitrogens with two attached hydrogens (primary N) is 1. The van der Waals surface area contributed by atoms with Gasteiger partial charge in [-0.1, -0.05) is 13.3 Å². The number of anilines is 1. The number of benzene rings is 1. The Morgan fingerprint density at radius 3 is 2.61 bits per heavy atom. The highest BCUT2D eigenvalue weighted by atomic mass is 79.9. The highest BCUT2D eigenvalue weighted by Crippen LogP contribution is 2.33. The van der Waals surface area contributed by atoms with Gasteiger partial charge < -0.3 is 10.5 Å². The van der Waals surface area contributed by atoms with Crippen molar-refractivity contribution in [2.24, 2.45) is 5.92 Å². The van der Waals surface area contributed by atoms with Crippen molar-refractivity contribution in [2.45, 2.75) is 45.1 Å². The van der Waals surface area contributed by atoms with Crippen LogP contribution in [-0.2, 0) is 0 Å². The average Bonchev–Trinajstić information content (AvgIpc) is 2.37. The van der Waals surface area contributed by atoms with Crippen LogP contribution in [0.2, 0.25) is 0 Å². The summed E-state index contributed by atoms with van der Waals surface area (Å²) >= 11 is 3.11. The maximum absolute atomic E-state index is 13.4. The Morgan fingerprint density at radius 2 is 2.00 bits per heavy atom. The normalized spacial score (nSPS) is 23.9. The Balaban J connectivity index is 2.00. The SMILES string of the molecule is CCC1CCC(Oc2cc(F)c(Br)cc2N)CC1. The molecule has 1 fully saturated rings. The van der Waals surface area contributed by atoms with E-state index in [2.05, 4.69) is 22.9 Å². The largest absolute Gasteiger partial charge is 0.488 e. The molecule has 1 aromatic rings. The van der Waals surface area contributed by atoms with Crippen molar-refractivity contribution < 1.29 is 9.13 Å². The van der Waals surface area contributed by atoms with Crippen LogP contribution < -0.4 is 10.5 Å². The van der Waals surface area contributed by atoms with Gasteiger partial charge in [-0.15, -0.1) is 0 Å². The number of ether oxygens (including phenoxy) is 1. The van der Waals surface area contributed by atoms with E-state index in [0.717, 1.165) is 18.8 Å². The van der Waals surface area contributed by atoms with Gasteiger partial charge in [0.25, 0.3) is 0 Å². The van der Waals surface area contributed by atoms with Crippen LogP contribution in [0.1, 0.15) is 39.0 Å². The van der Waals surface area contributed by atoms with Crippen LogP contribution in [-0.4, -0.2) is 6.10 Å². The quantitative estimate of drug-likeness (QED) is 0.832. The van der Waals surface area contributed by atoms with E-state index in [-0.39, 0.29) is 11.9 Å². The van der Waals surface area contributed by atoms with Gasteiger partial charge >= 0.3 is 0 Å². The molecule has 1 saturated carbocycles. The van der Waals surface area contributed by atoms with Gasteiger partial charge in [0.15, 0.2) is 0 Å². The Hall–Kier alpha value is -0.770. The first-order chi connectivity index (χ1) is 8.60. The Kier molecular flexibility index (Phi) is 4.49. The van der Waals surface area contributed by atoms with E-state index in [4.69, 9.17) is 10.5 Å². The van der Waals surface area contributed by atoms with Gasteiger partial charge in [0.05, 0.1) is 16.3 Å². The van der Waals surface area contributed by atoms with Crippen molar-refractivity contribution in [3.63, 3.8) is 0 Å². The number of nitrogen functional groups attached to an aromatic ring is 1. The van der Waals surface area contributed by atoms with E-state index in [1.54, 1.807) is 6.07 Å². The molecule has 0 bridgehead atoms. The van der Waals surface area contributed by atoms with Gasteiger partial charge in [-0.05, 0) is 53.6 Å². The highest BCUT2D eigenvalue weighted by Gasteiger charge is 2.22. The lowest BCUT2D eigenvalue weighted by molar-refractivity contribution is 0.130. The van der Waals surface area contributed by atoms with Crippen LogP contribution in [0.25, 0.3) is 0 Å². The minimum absolute atomic E-state index is 0.177. The molecule has 18 heavy (non-hydrogen) atoms. The molecule has 1 aliphatic rings. The molecule has 100 valence electrons. The number of rotatable bonds is 3. The highest BCUT2D eigenvalue weighted by molar-refractivity contribution is 9.10. The van der Waals surface area contributed by atoms with E-state index >= 15 is 0 Å². The molecule has 1 aromatic carbocycles. The molecular weight excluding hydrogens is 297 g/mol. The molecule has 0 atom stereocenters. The summed E-state index contributed by atoms with van der Waals surface area (Å²) in [6.07, 6.45) is 5.88. The van der Waals surface area contributed by atoms with Crippen LogP contribution in [0.15, 0.2) is 16.6 Å². The first-order valence-electron chi connectivity index (χ1n) is 6.51. The fourth-order valence-corrected chi connectivity index (χ4v) is 2.84. The predicted molar refractivity (Wildman–Crippen MR) is 75.2 cm³/mol. The summed E-state index contributed by atoms with van der Waals surface area (Å²) in [4.78, 5) is 0. The van der Waals surface area contributed by atoms with Crippen LogP contribution in [0, 0.1) is 11.7 Å². The van der Waals surface area contributed by atoms with Crippen LogP contribution in [0.3, 0.4) is 0 Å². The second-order valence-corrected chi connectivity index (χ2v) is 5.83. The fraction of sp³-hybridized carbons (Fsp3) is 0.571. The van der Waals surface area contributed by atoms with Crippen molar-refractivity contribution in [3.8, 4) is 5.75 Å². The fourth-order valence-electron chi connectivity index (χ4n) is 2.48. The summed E-state index contributed by atoms with van der Waals surface area (Å²) < 4.78 is 19.7. The van der Waals surface area contributed by atoms with Crippen LogP contribution in [0.4, 0.5) is 10.1 Å². The molecule has 1 aliphatic carbocycles. The second kappa shape index (κ2) is 5.91. The predicted octanol–water partition coefficient (Wildman–Crippen LogP) is 4.52. The summed E-state index contributed by atoms with van der Waals surface area (Å²) in [5.41, 5.74) is 6.33. The maximum Gasteiger partial charge on any atom is 0.145 e. The summed E-state index contributed by atoms with van der Waals surface area (Å²) in [7, 11) is 0. The number of hydrogen-bond acceptors (Lipinski definition) is 2. The molecular formula is C14H19BrFNO. The molecule has 0 unspecified atom stereocenters. The summed E-state index contributed by atoms with van der Waals surface area (Å²) in [5, 5.41) is 0. The molecule has 0 radical (unpaired) electrons. The van der Waals surface area contributed by atoms with Crippen molar-refractivity contribution in [3.05, 3.63) is 22.4 Å². The third-order valence-electron chi connectivity index (χ3n) is 3.72. The topological polar surface area (TPSA) is 35.2 Å². The van der Waals surface area contributed by atoms with E-state index in [0.29, 0.717) is 15.9 Å². The van der Waals surface area contributed by atoms with Crippen molar-refractivity contribution >= 4 is 21.6 Å². The van der Waals surface area contributed by atoms with Gasteiger partial charge in [0.1, 0.15) is 11.6 Å². The molecule has 2 rings (SSSR count). The van der Waals surface area contributed by atoms with E-state index < -0.39 is 0 Å². The zero-order chi connectivity index (χ0) is 13.1. The smallest absolute Gasteiger partial charge is 0.145 e. The first-order valence-corrected chi connectivity index (χ1v) is 7.30. The second-order valence-electron chi connectivity index (χ2n) is 4.97. The Labute approximate surface area is 116 Å². The maximum atomic E-state index is 13.4. The summed E-state index contributed by atoms with van der Waals surface area (Å²) in [6.45, 7) is 2.23.